The summed E-state index contributed by atoms with van der Waals surface area (Å²) in [6.07, 6.45) is 6.25. The standard InChI is InChI=1S/C26H31N3O2/c1-2-28-15-14-18-12-13-21(17-23(18)28)27-25(30)24-16-20-10-6-7-11-22(20)29(24)26(31)19-8-4-3-5-9-19/h3-5,8-9,12-13,17,20,22,24H,2,6-7,10-11,14-16H2,1H3,(H,27,30). The Morgan fingerprint density at radius 1 is 1.06 bits per heavy atom. The molecule has 3 aliphatic rings. The Balaban J connectivity index is 1.39. The molecule has 2 aromatic rings. The van der Waals surface area contributed by atoms with Gasteiger partial charge in [-0.1, -0.05) is 37.1 Å². The van der Waals surface area contributed by atoms with Crippen LogP contribution >= 0.6 is 0 Å². The molecule has 31 heavy (non-hydrogen) atoms. The van der Waals surface area contributed by atoms with E-state index in [4.69, 9.17) is 0 Å². The van der Waals surface area contributed by atoms with Crippen molar-refractivity contribution in [3.63, 3.8) is 0 Å². The van der Waals surface area contributed by atoms with E-state index >= 15 is 0 Å². The van der Waals surface area contributed by atoms with Crippen LogP contribution < -0.4 is 10.2 Å². The van der Waals surface area contributed by atoms with Crippen LogP contribution in [0.5, 0.6) is 0 Å². The summed E-state index contributed by atoms with van der Waals surface area (Å²) in [4.78, 5) is 31.1. The van der Waals surface area contributed by atoms with Crippen molar-refractivity contribution in [1.29, 1.82) is 0 Å². The highest BCUT2D eigenvalue weighted by molar-refractivity contribution is 6.02. The molecule has 2 aliphatic heterocycles. The molecule has 3 atom stereocenters. The third-order valence-corrected chi connectivity index (χ3v) is 7.37. The first-order valence-electron chi connectivity index (χ1n) is 11.7. The molecule has 0 bridgehead atoms. The number of hydrogen-bond donors (Lipinski definition) is 1. The minimum Gasteiger partial charge on any atom is -0.371 e. The number of rotatable bonds is 4. The molecule has 5 rings (SSSR count). The van der Waals surface area contributed by atoms with E-state index < -0.39 is 6.04 Å². The summed E-state index contributed by atoms with van der Waals surface area (Å²) in [5.74, 6) is 0.355. The van der Waals surface area contributed by atoms with Crippen LogP contribution in [0.4, 0.5) is 11.4 Å². The Morgan fingerprint density at radius 2 is 1.87 bits per heavy atom. The minimum atomic E-state index is -0.406. The van der Waals surface area contributed by atoms with Crippen molar-refractivity contribution in [2.24, 2.45) is 5.92 Å². The Hall–Kier alpha value is -2.82. The van der Waals surface area contributed by atoms with E-state index in [1.807, 2.05) is 41.3 Å². The third kappa shape index (κ3) is 3.71. The molecule has 162 valence electrons. The van der Waals surface area contributed by atoms with Gasteiger partial charge in [-0.15, -0.1) is 0 Å². The summed E-state index contributed by atoms with van der Waals surface area (Å²) >= 11 is 0. The van der Waals surface area contributed by atoms with Gasteiger partial charge < -0.3 is 15.1 Å². The topological polar surface area (TPSA) is 52.7 Å². The molecule has 0 aromatic heterocycles. The number of anilines is 2. The molecule has 5 nitrogen and oxygen atoms in total. The number of likely N-dealkylation sites (tertiary alicyclic amines) is 1. The lowest BCUT2D eigenvalue weighted by molar-refractivity contribution is -0.120. The number of nitrogens with one attached hydrogen (secondary N) is 1. The van der Waals surface area contributed by atoms with Crippen molar-refractivity contribution in [2.75, 3.05) is 23.3 Å². The average Bonchev–Trinajstić information content (AvgIpc) is 3.40. The van der Waals surface area contributed by atoms with E-state index in [1.165, 1.54) is 17.7 Å². The van der Waals surface area contributed by atoms with E-state index in [0.717, 1.165) is 50.9 Å². The predicted octanol–water partition coefficient (Wildman–Crippen LogP) is 4.48. The molecule has 5 heteroatoms. The number of nitrogens with zero attached hydrogens (tertiary/aromatic N) is 2. The van der Waals surface area contributed by atoms with Gasteiger partial charge in [-0.2, -0.15) is 0 Å². The molecule has 2 amide bonds. The predicted molar refractivity (Wildman–Crippen MR) is 123 cm³/mol. The number of likely N-dealkylation sites (N-methyl/N-ethyl adjacent to an activating group) is 1. The lowest BCUT2D eigenvalue weighted by Crippen LogP contribution is -2.47. The number of carbonyl (C=O) groups excluding carboxylic acids is 2. The van der Waals surface area contributed by atoms with Crippen LogP contribution in [-0.4, -0.2) is 41.9 Å². The molecular formula is C26H31N3O2. The highest BCUT2D eigenvalue weighted by Gasteiger charge is 2.47. The fourth-order valence-electron chi connectivity index (χ4n) is 5.79. The maximum atomic E-state index is 13.4. The van der Waals surface area contributed by atoms with Crippen molar-refractivity contribution in [2.45, 2.75) is 57.5 Å². The first-order valence-corrected chi connectivity index (χ1v) is 11.7. The smallest absolute Gasteiger partial charge is 0.254 e. The summed E-state index contributed by atoms with van der Waals surface area (Å²) in [7, 11) is 0. The molecule has 1 N–H and O–H groups in total. The largest absolute Gasteiger partial charge is 0.371 e. The van der Waals surface area contributed by atoms with E-state index in [1.54, 1.807) is 0 Å². The number of fused-ring (bicyclic) bond motifs is 2. The van der Waals surface area contributed by atoms with Gasteiger partial charge in [0, 0.05) is 36.1 Å². The molecule has 3 unspecified atom stereocenters. The molecule has 0 radical (unpaired) electrons. The minimum absolute atomic E-state index is 0.0127. The molecule has 1 saturated heterocycles. The fourth-order valence-corrected chi connectivity index (χ4v) is 5.79. The highest BCUT2D eigenvalue weighted by atomic mass is 16.2. The van der Waals surface area contributed by atoms with E-state index in [9.17, 15) is 9.59 Å². The molecule has 0 spiro atoms. The van der Waals surface area contributed by atoms with Crippen molar-refractivity contribution >= 4 is 23.2 Å². The molecule has 2 aromatic carbocycles. The zero-order valence-corrected chi connectivity index (χ0v) is 18.2. The summed E-state index contributed by atoms with van der Waals surface area (Å²) < 4.78 is 0. The van der Waals surface area contributed by atoms with E-state index in [2.05, 4.69) is 29.3 Å². The van der Waals surface area contributed by atoms with Crippen LogP contribution in [0, 0.1) is 5.92 Å². The summed E-state index contributed by atoms with van der Waals surface area (Å²) in [6, 6.07) is 15.4. The highest BCUT2D eigenvalue weighted by Crippen LogP contribution is 2.41. The average molecular weight is 418 g/mol. The lowest BCUT2D eigenvalue weighted by Gasteiger charge is -2.33. The SMILES string of the molecule is CCN1CCc2ccc(NC(=O)C3CC4CCCCC4N3C(=O)c3ccccc3)cc21. The Labute approximate surface area is 184 Å². The van der Waals surface area contributed by atoms with Gasteiger partial charge in [-0.3, -0.25) is 9.59 Å². The Bertz CT molecular complexity index is 974. The summed E-state index contributed by atoms with van der Waals surface area (Å²) in [5.41, 5.74) is 4.05. The van der Waals surface area contributed by atoms with Gasteiger partial charge in [-0.05, 0) is 68.4 Å². The number of amides is 2. The lowest BCUT2D eigenvalue weighted by atomic mass is 9.84. The van der Waals surface area contributed by atoms with Crippen LogP contribution in [0.3, 0.4) is 0 Å². The van der Waals surface area contributed by atoms with Crippen molar-refractivity contribution in [1.82, 2.24) is 4.90 Å². The maximum absolute atomic E-state index is 13.4. The van der Waals surface area contributed by atoms with Crippen LogP contribution in [0.15, 0.2) is 48.5 Å². The summed E-state index contributed by atoms with van der Waals surface area (Å²) in [5, 5.41) is 3.14. The normalized spacial score (nSPS) is 24.6. The molecule has 2 heterocycles. The van der Waals surface area contributed by atoms with Gasteiger partial charge in [0.25, 0.3) is 5.91 Å². The number of hydrogen-bond acceptors (Lipinski definition) is 3. The first-order chi connectivity index (χ1) is 15.2. The zero-order valence-electron chi connectivity index (χ0n) is 18.2. The number of carbonyl (C=O) groups is 2. The molecule has 1 saturated carbocycles. The maximum Gasteiger partial charge on any atom is 0.254 e. The van der Waals surface area contributed by atoms with Crippen LogP contribution in [-0.2, 0) is 11.2 Å². The van der Waals surface area contributed by atoms with Gasteiger partial charge in [0.1, 0.15) is 6.04 Å². The Morgan fingerprint density at radius 3 is 2.68 bits per heavy atom. The second-order valence-electron chi connectivity index (χ2n) is 9.10. The second-order valence-corrected chi connectivity index (χ2v) is 9.10. The molecule has 2 fully saturated rings. The van der Waals surface area contributed by atoms with Gasteiger partial charge in [0.15, 0.2) is 0 Å². The third-order valence-electron chi connectivity index (χ3n) is 7.37. The monoisotopic (exact) mass is 417 g/mol. The van der Waals surface area contributed by atoms with Crippen LogP contribution in [0.25, 0.3) is 0 Å². The zero-order chi connectivity index (χ0) is 21.4. The molecule has 1 aliphatic carbocycles. The van der Waals surface area contributed by atoms with Crippen LogP contribution in [0.1, 0.15) is 54.9 Å². The van der Waals surface area contributed by atoms with E-state index in [-0.39, 0.29) is 17.9 Å². The fraction of sp³-hybridized carbons (Fsp3) is 0.462. The summed E-state index contributed by atoms with van der Waals surface area (Å²) in [6.45, 7) is 4.16. The first kappa shape index (κ1) is 20.1. The van der Waals surface area contributed by atoms with Crippen molar-refractivity contribution in [3.05, 3.63) is 59.7 Å². The van der Waals surface area contributed by atoms with Gasteiger partial charge in [0.2, 0.25) is 5.91 Å². The molecular weight excluding hydrogens is 386 g/mol. The Kier molecular flexibility index (Phi) is 5.43. The van der Waals surface area contributed by atoms with Gasteiger partial charge in [0.05, 0.1) is 0 Å². The quantitative estimate of drug-likeness (QED) is 0.798. The van der Waals surface area contributed by atoms with Crippen molar-refractivity contribution in [3.8, 4) is 0 Å². The van der Waals surface area contributed by atoms with Crippen molar-refractivity contribution < 1.29 is 9.59 Å². The second kappa shape index (κ2) is 8.37. The van der Waals surface area contributed by atoms with Gasteiger partial charge in [-0.25, -0.2) is 0 Å². The van der Waals surface area contributed by atoms with Crippen LogP contribution in [0.2, 0.25) is 0 Å². The van der Waals surface area contributed by atoms with E-state index in [0.29, 0.717) is 11.5 Å². The number of benzene rings is 2. The van der Waals surface area contributed by atoms with Gasteiger partial charge >= 0.3 is 0 Å².